The summed E-state index contributed by atoms with van der Waals surface area (Å²) in [5.41, 5.74) is 3.60. The average molecular weight is 567 g/mol. The van der Waals surface area contributed by atoms with Crippen LogP contribution < -0.4 is 115 Å². The Balaban J connectivity index is 0. The SMILES string of the molecule is [2H][13C]([2H])([2H])c1cn([C@@H]2O[C@H](COP(=O)([O-])OP(=O)([O-])OP(=O)([O-])O)[C@@H](O)[C@H]2O)c(=O)nc1N.[Na+].[Na+].[Na+]. The van der Waals surface area contributed by atoms with Crippen LogP contribution in [0, 0.1) is 6.85 Å². The van der Waals surface area contributed by atoms with Crippen molar-refractivity contribution in [2.75, 3.05) is 12.3 Å². The number of rotatable bonds is 8. The summed E-state index contributed by atoms with van der Waals surface area (Å²) in [6, 6.07) is 0. The van der Waals surface area contributed by atoms with Crippen molar-refractivity contribution in [1.29, 1.82) is 0 Å². The number of nitrogens with two attached hydrogens (primary N) is 1. The predicted molar refractivity (Wildman–Crippen MR) is 86.7 cm³/mol. The molecule has 2 rings (SSSR count). The molecule has 33 heavy (non-hydrogen) atoms. The predicted octanol–water partition coefficient (Wildman–Crippen LogP) is -12.8. The van der Waals surface area contributed by atoms with E-state index in [2.05, 4.69) is 18.1 Å². The molecule has 1 aliphatic rings. The Kier molecular flexibility index (Phi) is 13.4. The third-order valence-electron chi connectivity index (χ3n) is 3.39. The molecule has 17 nitrogen and oxygen atoms in total. The van der Waals surface area contributed by atoms with Gasteiger partial charge in [-0.3, -0.25) is 18.3 Å². The molecule has 0 spiro atoms. The third kappa shape index (κ3) is 11.1. The Bertz CT molecular complexity index is 1110. The maximum atomic E-state index is 12.1. The maximum absolute atomic E-state index is 12.1. The van der Waals surface area contributed by atoms with Crippen molar-refractivity contribution in [3.63, 3.8) is 0 Å². The van der Waals surface area contributed by atoms with Gasteiger partial charge >= 0.3 is 94.4 Å². The van der Waals surface area contributed by atoms with Gasteiger partial charge < -0.3 is 44.8 Å². The molecule has 2 heterocycles. The molecule has 172 valence electrons. The van der Waals surface area contributed by atoms with Crippen molar-refractivity contribution < 1.29 is 154 Å². The third-order valence-corrected chi connectivity index (χ3v) is 7.08. The van der Waals surface area contributed by atoms with E-state index in [1.807, 2.05) is 0 Å². The van der Waals surface area contributed by atoms with Gasteiger partial charge in [0.25, 0.3) is 23.5 Å². The van der Waals surface area contributed by atoms with Crippen LogP contribution in [0.3, 0.4) is 0 Å². The molecule has 0 radical (unpaired) electrons. The zero-order valence-electron chi connectivity index (χ0n) is 20.2. The molecule has 1 fully saturated rings. The number of ether oxygens (including phenoxy) is 1. The van der Waals surface area contributed by atoms with Gasteiger partial charge in [0.15, 0.2) is 6.23 Å². The summed E-state index contributed by atoms with van der Waals surface area (Å²) in [6.07, 6.45) is -6.83. The normalized spacial score (nSPS) is 29.3. The van der Waals surface area contributed by atoms with E-state index in [-0.39, 0.29) is 88.7 Å². The molecule has 0 aromatic carbocycles. The number of phosphoric ester groups is 1. The summed E-state index contributed by atoms with van der Waals surface area (Å²) >= 11 is 0. The van der Waals surface area contributed by atoms with E-state index in [0.717, 1.165) is 0 Å². The molecular formula is C10H15N3Na3O14P3. The molecule has 0 aliphatic carbocycles. The molecule has 1 aromatic heterocycles. The van der Waals surface area contributed by atoms with Crippen molar-refractivity contribution in [2.45, 2.75) is 31.4 Å². The first-order valence-electron chi connectivity index (χ1n) is 8.86. The number of nitrogen functional groups attached to an aromatic ring is 1. The topological polar surface area (TPSA) is 279 Å². The number of hydrogen-bond acceptors (Lipinski definition) is 15. The smallest absolute Gasteiger partial charge is 0.756 e. The number of anilines is 1. The first-order valence-corrected chi connectivity index (χ1v) is 11.8. The van der Waals surface area contributed by atoms with E-state index in [1.54, 1.807) is 0 Å². The van der Waals surface area contributed by atoms with E-state index in [4.69, 9.17) is 19.5 Å². The zero-order valence-corrected chi connectivity index (χ0v) is 25.9. The Morgan fingerprint density at radius 2 is 1.76 bits per heavy atom. The van der Waals surface area contributed by atoms with Gasteiger partial charge in [-0.2, -0.15) is 4.98 Å². The van der Waals surface area contributed by atoms with E-state index in [9.17, 15) is 43.4 Å². The van der Waals surface area contributed by atoms with Gasteiger partial charge in [-0.1, -0.05) is 0 Å². The minimum atomic E-state index is -6.16. The van der Waals surface area contributed by atoms with Crippen LogP contribution >= 0.6 is 23.5 Å². The number of hydrogen-bond donors (Lipinski definition) is 4. The van der Waals surface area contributed by atoms with Crippen LogP contribution in [0.1, 0.15) is 15.9 Å². The molecule has 1 aliphatic heterocycles. The molecule has 23 heteroatoms. The van der Waals surface area contributed by atoms with E-state index in [0.29, 0.717) is 10.8 Å². The van der Waals surface area contributed by atoms with Crippen LogP contribution in [0.4, 0.5) is 5.82 Å². The zero-order chi connectivity index (χ0) is 25.6. The van der Waals surface area contributed by atoms with Gasteiger partial charge in [0.2, 0.25) is 0 Å². The molecule has 1 saturated heterocycles. The largest absolute Gasteiger partial charge is 1.00 e. The van der Waals surface area contributed by atoms with Crippen molar-refractivity contribution >= 4 is 29.3 Å². The van der Waals surface area contributed by atoms with Gasteiger partial charge in [0, 0.05) is 15.9 Å². The van der Waals surface area contributed by atoms with Gasteiger partial charge in [0.1, 0.15) is 24.1 Å². The van der Waals surface area contributed by atoms with E-state index < -0.39 is 78.5 Å². The van der Waals surface area contributed by atoms with Crippen molar-refractivity contribution in [3.8, 4) is 0 Å². The summed E-state index contributed by atoms with van der Waals surface area (Å²) in [5, 5.41) is 20.2. The maximum Gasteiger partial charge on any atom is 1.00 e. The number of nitrogens with zero attached hydrogens (tertiary/aromatic N) is 2. The second-order valence-corrected chi connectivity index (χ2v) is 9.89. The first-order chi connectivity index (χ1) is 14.7. The fraction of sp³-hybridized carbons (Fsp3) is 0.600. The minimum Gasteiger partial charge on any atom is -0.756 e. The standard InChI is InChI=1S/C10H18N3O14P3.3Na/c1-4-2-13(10(16)12-8(4)11)9-7(15)6(14)5(25-9)3-24-29(20,21)27-30(22,23)26-28(17,18)19;;;/h2,5-7,9,14-15H,3H2,1H3,(H,20,21)(H,22,23)(H2,11,12,16)(H2,17,18,19);;;/q;3*+1/p-3/t5-,6-,7-,9-;;;/m1.../s1/i1+1D3;;;. The van der Waals surface area contributed by atoms with Crippen LogP contribution in [0.15, 0.2) is 11.0 Å². The molecule has 0 bridgehead atoms. The summed E-state index contributed by atoms with van der Waals surface area (Å²) < 4.78 is 71.5. The van der Waals surface area contributed by atoms with Crippen LogP contribution in [0.5, 0.6) is 0 Å². The fourth-order valence-electron chi connectivity index (χ4n) is 2.21. The van der Waals surface area contributed by atoms with Gasteiger partial charge in [-0.15, -0.1) is 0 Å². The molecule has 0 amide bonds. The quantitative estimate of drug-likeness (QED) is 0.129. The van der Waals surface area contributed by atoms with Crippen LogP contribution in [-0.4, -0.2) is 49.6 Å². The van der Waals surface area contributed by atoms with Gasteiger partial charge in [-0.05, 0) is 6.85 Å². The minimum absolute atomic E-state index is 0. The fourth-order valence-corrected chi connectivity index (χ4v) is 5.11. The van der Waals surface area contributed by atoms with Crippen LogP contribution in [0.2, 0.25) is 0 Å². The summed E-state index contributed by atoms with van der Waals surface area (Å²) in [7, 11) is -18.0. The molecule has 7 atom stereocenters. The van der Waals surface area contributed by atoms with Gasteiger partial charge in [0.05, 0.1) is 6.61 Å². The summed E-state index contributed by atoms with van der Waals surface area (Å²) in [4.78, 5) is 56.8. The molecule has 5 N–H and O–H groups in total. The molecule has 1 aromatic rings. The number of aliphatic hydroxyl groups excluding tert-OH is 2. The first kappa shape index (κ1) is 31.2. The Labute approximate surface area is 256 Å². The number of phosphoric acid groups is 3. The summed E-state index contributed by atoms with van der Waals surface area (Å²) in [6.45, 7) is -4.08. The van der Waals surface area contributed by atoms with Crippen molar-refractivity contribution in [2.24, 2.45) is 0 Å². The van der Waals surface area contributed by atoms with Crippen molar-refractivity contribution in [1.82, 2.24) is 9.55 Å². The van der Waals surface area contributed by atoms with Crippen molar-refractivity contribution in [3.05, 3.63) is 22.2 Å². The Morgan fingerprint density at radius 1 is 1.18 bits per heavy atom. The average Bonchev–Trinajstić information content (AvgIpc) is 2.84. The van der Waals surface area contributed by atoms with E-state index in [1.165, 1.54) is 0 Å². The number of aryl methyl sites for hydroxylation is 1. The van der Waals surface area contributed by atoms with Crippen LogP contribution in [0.25, 0.3) is 0 Å². The number of aliphatic hydroxyl groups is 2. The molecular weight excluding hydrogens is 549 g/mol. The van der Waals surface area contributed by atoms with Crippen LogP contribution in [-0.2, 0) is 31.6 Å². The second kappa shape index (κ2) is 14.2. The Morgan fingerprint density at radius 3 is 2.27 bits per heavy atom. The molecule has 3 unspecified atom stereocenters. The monoisotopic (exact) mass is 567 g/mol. The van der Waals surface area contributed by atoms with Gasteiger partial charge in [-0.25, -0.2) is 13.4 Å². The molecule has 0 saturated carbocycles. The van der Waals surface area contributed by atoms with E-state index >= 15 is 0 Å². The second-order valence-electron chi connectivity index (χ2n) is 5.60. The number of aromatic nitrogens is 2. The Hall–Kier alpha value is 1.97. The summed E-state index contributed by atoms with van der Waals surface area (Å²) in [5.74, 6) is -0.636.